The molecule has 0 bridgehead atoms. The molecular formula is C18H12Cl2O3. The first-order chi connectivity index (χ1) is 11.1. The molecule has 0 aliphatic rings. The third-order valence-corrected chi connectivity index (χ3v) is 4.05. The van der Waals surface area contributed by atoms with E-state index in [2.05, 4.69) is 0 Å². The molecule has 5 heteroatoms. The lowest BCUT2D eigenvalue weighted by Crippen LogP contribution is -2.04. The van der Waals surface area contributed by atoms with E-state index in [1.807, 2.05) is 12.1 Å². The zero-order valence-corrected chi connectivity index (χ0v) is 13.5. The first-order valence-corrected chi connectivity index (χ1v) is 7.66. The van der Waals surface area contributed by atoms with E-state index in [-0.39, 0.29) is 6.61 Å². The van der Waals surface area contributed by atoms with Crippen LogP contribution in [0.25, 0.3) is 11.3 Å². The van der Waals surface area contributed by atoms with Gasteiger partial charge in [0.05, 0.1) is 15.6 Å². The summed E-state index contributed by atoms with van der Waals surface area (Å²) in [6, 6.07) is 17.6. The van der Waals surface area contributed by atoms with Crippen LogP contribution in [0, 0.1) is 0 Å². The van der Waals surface area contributed by atoms with Crippen LogP contribution in [0.1, 0.15) is 16.1 Å². The van der Waals surface area contributed by atoms with Crippen molar-refractivity contribution in [3.63, 3.8) is 0 Å². The van der Waals surface area contributed by atoms with Crippen molar-refractivity contribution >= 4 is 29.2 Å². The molecule has 0 amide bonds. The van der Waals surface area contributed by atoms with Gasteiger partial charge in [-0.05, 0) is 36.4 Å². The van der Waals surface area contributed by atoms with Gasteiger partial charge in [0.2, 0.25) is 0 Å². The first kappa shape index (κ1) is 15.7. The smallest absolute Gasteiger partial charge is 0.338 e. The van der Waals surface area contributed by atoms with Crippen LogP contribution in [0.4, 0.5) is 0 Å². The minimum atomic E-state index is -0.399. The monoisotopic (exact) mass is 346 g/mol. The molecular weight excluding hydrogens is 335 g/mol. The maximum Gasteiger partial charge on any atom is 0.338 e. The van der Waals surface area contributed by atoms with Crippen molar-refractivity contribution < 1.29 is 13.9 Å². The topological polar surface area (TPSA) is 39.4 Å². The predicted molar refractivity (Wildman–Crippen MR) is 89.7 cm³/mol. The highest BCUT2D eigenvalue weighted by atomic mass is 35.5. The maximum absolute atomic E-state index is 11.9. The summed E-state index contributed by atoms with van der Waals surface area (Å²) in [5, 5.41) is 0.883. The SMILES string of the molecule is O=C(OCc1ccc(-c2cccc(Cl)c2Cl)o1)c1ccccc1. The van der Waals surface area contributed by atoms with Crippen LogP contribution in [0.2, 0.25) is 10.0 Å². The van der Waals surface area contributed by atoms with Crippen LogP contribution in [0.5, 0.6) is 0 Å². The molecule has 3 rings (SSSR count). The Hall–Kier alpha value is -2.23. The van der Waals surface area contributed by atoms with Crippen LogP contribution < -0.4 is 0 Å². The Morgan fingerprint density at radius 2 is 1.74 bits per heavy atom. The molecule has 2 aromatic carbocycles. The van der Waals surface area contributed by atoms with Crippen LogP contribution in [0.15, 0.2) is 65.1 Å². The van der Waals surface area contributed by atoms with Gasteiger partial charge in [-0.2, -0.15) is 0 Å². The number of rotatable bonds is 4. The minimum absolute atomic E-state index is 0.0475. The molecule has 23 heavy (non-hydrogen) atoms. The summed E-state index contributed by atoms with van der Waals surface area (Å²) in [6.45, 7) is 0.0475. The molecule has 0 spiro atoms. The molecule has 116 valence electrons. The van der Waals surface area contributed by atoms with E-state index in [0.29, 0.717) is 32.7 Å². The zero-order chi connectivity index (χ0) is 16.2. The van der Waals surface area contributed by atoms with E-state index < -0.39 is 5.97 Å². The number of ether oxygens (including phenoxy) is 1. The third-order valence-electron chi connectivity index (χ3n) is 3.23. The summed E-state index contributed by atoms with van der Waals surface area (Å²) in [7, 11) is 0. The Balaban J connectivity index is 1.71. The molecule has 0 radical (unpaired) electrons. The Labute approximate surface area is 143 Å². The van der Waals surface area contributed by atoms with Gasteiger partial charge in [-0.1, -0.05) is 47.5 Å². The molecule has 1 aromatic heterocycles. The van der Waals surface area contributed by atoms with Gasteiger partial charge in [-0.25, -0.2) is 4.79 Å². The molecule has 0 fully saturated rings. The van der Waals surface area contributed by atoms with E-state index in [4.69, 9.17) is 32.4 Å². The quantitative estimate of drug-likeness (QED) is 0.576. The van der Waals surface area contributed by atoms with E-state index in [1.54, 1.807) is 48.5 Å². The van der Waals surface area contributed by atoms with Crippen molar-refractivity contribution in [1.29, 1.82) is 0 Å². The van der Waals surface area contributed by atoms with Crippen molar-refractivity contribution in [2.45, 2.75) is 6.61 Å². The van der Waals surface area contributed by atoms with Crippen LogP contribution >= 0.6 is 23.2 Å². The fourth-order valence-corrected chi connectivity index (χ4v) is 2.48. The zero-order valence-electron chi connectivity index (χ0n) is 12.0. The highest BCUT2D eigenvalue weighted by Crippen LogP contribution is 2.34. The van der Waals surface area contributed by atoms with Gasteiger partial charge in [0.15, 0.2) is 0 Å². The van der Waals surface area contributed by atoms with Crippen LogP contribution in [-0.2, 0) is 11.3 Å². The Morgan fingerprint density at radius 1 is 0.957 bits per heavy atom. The van der Waals surface area contributed by atoms with Gasteiger partial charge in [0, 0.05) is 5.56 Å². The average molecular weight is 347 g/mol. The van der Waals surface area contributed by atoms with Crippen LogP contribution in [-0.4, -0.2) is 5.97 Å². The van der Waals surface area contributed by atoms with Gasteiger partial charge in [0.1, 0.15) is 18.1 Å². The number of carbonyl (C=O) groups excluding carboxylic acids is 1. The standard InChI is InChI=1S/C18H12Cl2O3/c19-15-8-4-7-14(17(15)20)16-10-9-13(23-16)11-22-18(21)12-5-2-1-3-6-12/h1-10H,11H2. The van der Waals surface area contributed by atoms with Gasteiger partial charge >= 0.3 is 5.97 Å². The fraction of sp³-hybridized carbons (Fsp3) is 0.0556. The molecule has 3 aromatic rings. The minimum Gasteiger partial charge on any atom is -0.457 e. The molecule has 0 aliphatic heterocycles. The number of furan rings is 1. The normalized spacial score (nSPS) is 10.5. The van der Waals surface area contributed by atoms with Gasteiger partial charge in [-0.15, -0.1) is 0 Å². The number of benzene rings is 2. The first-order valence-electron chi connectivity index (χ1n) is 6.90. The lowest BCUT2D eigenvalue weighted by atomic mass is 10.2. The van der Waals surface area contributed by atoms with Crippen molar-refractivity contribution in [2.75, 3.05) is 0 Å². The molecule has 0 aliphatic carbocycles. The molecule has 0 N–H and O–H groups in total. The summed E-state index contributed by atoms with van der Waals surface area (Å²) in [4.78, 5) is 11.9. The Morgan fingerprint density at radius 3 is 2.52 bits per heavy atom. The number of hydrogen-bond donors (Lipinski definition) is 0. The number of hydrogen-bond acceptors (Lipinski definition) is 3. The summed E-state index contributed by atoms with van der Waals surface area (Å²) >= 11 is 12.2. The Bertz CT molecular complexity index is 825. The van der Waals surface area contributed by atoms with Gasteiger partial charge < -0.3 is 9.15 Å². The number of carbonyl (C=O) groups is 1. The second-order valence-corrected chi connectivity index (χ2v) is 5.59. The number of halogens is 2. The van der Waals surface area contributed by atoms with Gasteiger partial charge in [0.25, 0.3) is 0 Å². The molecule has 3 nitrogen and oxygen atoms in total. The highest BCUT2D eigenvalue weighted by molar-refractivity contribution is 6.43. The summed E-state index contributed by atoms with van der Waals surface area (Å²) < 4.78 is 10.9. The third kappa shape index (κ3) is 3.58. The largest absolute Gasteiger partial charge is 0.457 e. The summed E-state index contributed by atoms with van der Waals surface area (Å²) in [5.74, 6) is 0.702. The van der Waals surface area contributed by atoms with Crippen molar-refractivity contribution in [2.24, 2.45) is 0 Å². The van der Waals surface area contributed by atoms with Crippen molar-refractivity contribution in [3.05, 3.63) is 82.0 Å². The second-order valence-electron chi connectivity index (χ2n) is 4.81. The van der Waals surface area contributed by atoms with E-state index in [9.17, 15) is 4.79 Å². The predicted octanol–water partition coefficient (Wildman–Crippen LogP) is 5.61. The lowest BCUT2D eigenvalue weighted by molar-refractivity contribution is 0.0446. The molecule has 1 heterocycles. The van der Waals surface area contributed by atoms with E-state index >= 15 is 0 Å². The Kier molecular flexibility index (Phi) is 4.70. The summed E-state index contributed by atoms with van der Waals surface area (Å²) in [6.07, 6.45) is 0. The lowest BCUT2D eigenvalue weighted by Gasteiger charge is -2.04. The average Bonchev–Trinajstić information content (AvgIpc) is 3.04. The molecule has 0 unspecified atom stereocenters. The van der Waals surface area contributed by atoms with E-state index in [0.717, 1.165) is 0 Å². The van der Waals surface area contributed by atoms with Gasteiger partial charge in [-0.3, -0.25) is 0 Å². The molecule has 0 atom stereocenters. The van der Waals surface area contributed by atoms with Crippen LogP contribution in [0.3, 0.4) is 0 Å². The maximum atomic E-state index is 11.9. The van der Waals surface area contributed by atoms with Crippen molar-refractivity contribution in [1.82, 2.24) is 0 Å². The number of esters is 1. The summed E-state index contributed by atoms with van der Waals surface area (Å²) in [5.41, 5.74) is 1.19. The highest BCUT2D eigenvalue weighted by Gasteiger charge is 2.12. The molecule has 0 saturated carbocycles. The molecule has 0 saturated heterocycles. The second kappa shape index (κ2) is 6.90. The van der Waals surface area contributed by atoms with E-state index in [1.165, 1.54) is 0 Å². The van der Waals surface area contributed by atoms with Crippen molar-refractivity contribution in [3.8, 4) is 11.3 Å². The fourth-order valence-electron chi connectivity index (χ4n) is 2.09.